The molecule has 1 heterocycles. The summed E-state index contributed by atoms with van der Waals surface area (Å²) in [7, 11) is 1.82. The Labute approximate surface area is 144 Å². The standard InChI is InChI=1S/C19H29N3O2/c1-20-19(21-8-4-9-23-13-15-7-10-24-14-15)22-12-17-11-16-5-2-3-6-18(16)17/h2-3,5-6,15,17H,4,7-14H2,1H3,(H2,20,21,22). The summed E-state index contributed by atoms with van der Waals surface area (Å²) in [5.41, 5.74) is 2.96. The average Bonchev–Trinajstić information content (AvgIpc) is 3.10. The number of aliphatic imine (C=N–C) groups is 1. The number of benzene rings is 1. The monoisotopic (exact) mass is 331 g/mol. The third-order valence-corrected chi connectivity index (χ3v) is 4.84. The van der Waals surface area contributed by atoms with Crippen LogP contribution in [0.5, 0.6) is 0 Å². The summed E-state index contributed by atoms with van der Waals surface area (Å²) >= 11 is 0. The first-order valence-corrected chi connectivity index (χ1v) is 9.04. The van der Waals surface area contributed by atoms with Crippen molar-refractivity contribution in [3.05, 3.63) is 35.4 Å². The van der Waals surface area contributed by atoms with Gasteiger partial charge in [0.25, 0.3) is 0 Å². The fourth-order valence-electron chi connectivity index (χ4n) is 3.33. The van der Waals surface area contributed by atoms with Crippen molar-refractivity contribution in [2.45, 2.75) is 25.2 Å². The molecule has 0 spiro atoms. The lowest BCUT2D eigenvalue weighted by Gasteiger charge is -2.30. The van der Waals surface area contributed by atoms with E-state index < -0.39 is 0 Å². The Morgan fingerprint density at radius 2 is 2.25 bits per heavy atom. The van der Waals surface area contributed by atoms with E-state index in [0.29, 0.717) is 11.8 Å². The maximum atomic E-state index is 5.72. The van der Waals surface area contributed by atoms with Gasteiger partial charge in [-0.1, -0.05) is 24.3 Å². The van der Waals surface area contributed by atoms with Crippen molar-refractivity contribution in [1.82, 2.24) is 10.6 Å². The minimum absolute atomic E-state index is 0.595. The highest BCUT2D eigenvalue weighted by atomic mass is 16.5. The normalized spacial score (nSPS) is 22.8. The second-order valence-corrected chi connectivity index (χ2v) is 6.64. The van der Waals surface area contributed by atoms with Crippen molar-refractivity contribution in [3.63, 3.8) is 0 Å². The van der Waals surface area contributed by atoms with E-state index in [2.05, 4.69) is 39.9 Å². The van der Waals surface area contributed by atoms with Crippen LogP contribution in [0.3, 0.4) is 0 Å². The summed E-state index contributed by atoms with van der Waals surface area (Å²) in [6, 6.07) is 8.69. The lowest BCUT2D eigenvalue weighted by atomic mass is 9.78. The minimum atomic E-state index is 0.595. The lowest BCUT2D eigenvalue weighted by molar-refractivity contribution is 0.0888. The van der Waals surface area contributed by atoms with E-state index in [1.54, 1.807) is 0 Å². The van der Waals surface area contributed by atoms with Gasteiger partial charge in [0, 0.05) is 45.2 Å². The van der Waals surface area contributed by atoms with Crippen LogP contribution in [0.15, 0.2) is 29.3 Å². The van der Waals surface area contributed by atoms with Crippen molar-refractivity contribution < 1.29 is 9.47 Å². The minimum Gasteiger partial charge on any atom is -0.381 e. The lowest BCUT2D eigenvalue weighted by Crippen LogP contribution is -2.41. The molecule has 2 aliphatic rings. The average molecular weight is 331 g/mol. The Morgan fingerprint density at radius 1 is 1.33 bits per heavy atom. The van der Waals surface area contributed by atoms with Gasteiger partial charge in [0.05, 0.1) is 13.2 Å². The summed E-state index contributed by atoms with van der Waals surface area (Å²) in [4.78, 5) is 4.29. The summed E-state index contributed by atoms with van der Waals surface area (Å²) in [6.07, 6.45) is 3.29. The first-order valence-electron chi connectivity index (χ1n) is 9.04. The smallest absolute Gasteiger partial charge is 0.190 e. The molecule has 0 amide bonds. The van der Waals surface area contributed by atoms with Crippen LogP contribution in [0.25, 0.3) is 0 Å². The molecule has 5 nitrogen and oxygen atoms in total. The topological polar surface area (TPSA) is 54.9 Å². The number of hydrogen-bond acceptors (Lipinski definition) is 3. The molecule has 1 aromatic carbocycles. The van der Waals surface area contributed by atoms with Crippen LogP contribution in [0.4, 0.5) is 0 Å². The molecule has 5 heteroatoms. The van der Waals surface area contributed by atoms with Crippen molar-refractivity contribution in [2.24, 2.45) is 10.9 Å². The fourth-order valence-corrected chi connectivity index (χ4v) is 3.33. The van der Waals surface area contributed by atoms with Gasteiger partial charge in [-0.2, -0.15) is 0 Å². The predicted molar refractivity (Wildman–Crippen MR) is 96.6 cm³/mol. The van der Waals surface area contributed by atoms with Crippen LogP contribution in [-0.4, -0.2) is 52.5 Å². The predicted octanol–water partition coefficient (Wildman–Crippen LogP) is 1.93. The summed E-state index contributed by atoms with van der Waals surface area (Å²) in [5.74, 6) is 2.08. The molecule has 2 unspecified atom stereocenters. The Morgan fingerprint density at radius 3 is 3.04 bits per heavy atom. The zero-order valence-electron chi connectivity index (χ0n) is 14.6. The van der Waals surface area contributed by atoms with Crippen molar-refractivity contribution in [1.29, 1.82) is 0 Å². The summed E-state index contributed by atoms with van der Waals surface area (Å²) < 4.78 is 11.1. The molecule has 1 fully saturated rings. The molecule has 1 aliphatic carbocycles. The van der Waals surface area contributed by atoms with Crippen LogP contribution >= 0.6 is 0 Å². The molecule has 1 saturated heterocycles. The van der Waals surface area contributed by atoms with Crippen LogP contribution < -0.4 is 10.6 Å². The Hall–Kier alpha value is -1.59. The number of rotatable bonds is 8. The first-order chi connectivity index (χ1) is 11.9. The molecule has 0 saturated carbocycles. The van der Waals surface area contributed by atoms with Gasteiger partial charge in [-0.3, -0.25) is 4.99 Å². The van der Waals surface area contributed by atoms with Crippen molar-refractivity contribution >= 4 is 5.96 Å². The van der Waals surface area contributed by atoms with E-state index in [0.717, 1.165) is 58.3 Å². The van der Waals surface area contributed by atoms with Gasteiger partial charge in [0.15, 0.2) is 5.96 Å². The third kappa shape index (κ3) is 4.71. The molecule has 1 aromatic rings. The molecule has 1 aliphatic heterocycles. The second-order valence-electron chi connectivity index (χ2n) is 6.64. The van der Waals surface area contributed by atoms with Gasteiger partial charge in [-0.15, -0.1) is 0 Å². The highest BCUT2D eigenvalue weighted by molar-refractivity contribution is 5.79. The van der Waals surface area contributed by atoms with E-state index in [1.807, 2.05) is 7.05 Å². The maximum Gasteiger partial charge on any atom is 0.190 e. The molecule has 2 N–H and O–H groups in total. The number of guanidine groups is 1. The zero-order chi connectivity index (χ0) is 16.6. The van der Waals surface area contributed by atoms with Gasteiger partial charge in [0.2, 0.25) is 0 Å². The van der Waals surface area contributed by atoms with Crippen molar-refractivity contribution in [2.75, 3.05) is 46.6 Å². The summed E-state index contributed by atoms with van der Waals surface area (Å²) in [5, 5.41) is 6.79. The third-order valence-electron chi connectivity index (χ3n) is 4.84. The molecule has 24 heavy (non-hydrogen) atoms. The van der Waals surface area contributed by atoms with E-state index in [1.165, 1.54) is 17.5 Å². The zero-order valence-corrected chi connectivity index (χ0v) is 14.6. The van der Waals surface area contributed by atoms with Crippen LogP contribution in [0, 0.1) is 5.92 Å². The Kier molecular flexibility index (Phi) is 6.49. The quantitative estimate of drug-likeness (QED) is 0.434. The SMILES string of the molecule is CN=C(NCCCOCC1CCOC1)NCC1Cc2ccccc21. The number of ether oxygens (including phenoxy) is 2. The molecule has 0 bridgehead atoms. The van der Waals surface area contributed by atoms with Gasteiger partial charge < -0.3 is 20.1 Å². The molecule has 132 valence electrons. The van der Waals surface area contributed by atoms with E-state index in [9.17, 15) is 0 Å². The molecular weight excluding hydrogens is 302 g/mol. The highest BCUT2D eigenvalue weighted by Gasteiger charge is 2.25. The van der Waals surface area contributed by atoms with Gasteiger partial charge >= 0.3 is 0 Å². The van der Waals surface area contributed by atoms with Crippen LogP contribution in [0.1, 0.15) is 29.9 Å². The second kappa shape index (κ2) is 9.04. The number of hydrogen-bond donors (Lipinski definition) is 2. The van der Waals surface area contributed by atoms with Gasteiger partial charge in [-0.05, 0) is 30.4 Å². The highest BCUT2D eigenvalue weighted by Crippen LogP contribution is 2.33. The first kappa shape index (κ1) is 17.2. The summed E-state index contributed by atoms with van der Waals surface area (Å²) in [6.45, 7) is 5.18. The van der Waals surface area contributed by atoms with E-state index >= 15 is 0 Å². The Balaban J connectivity index is 1.25. The number of fused-ring (bicyclic) bond motifs is 1. The molecule has 2 atom stereocenters. The molecular formula is C19H29N3O2. The number of nitrogens with zero attached hydrogens (tertiary/aromatic N) is 1. The van der Waals surface area contributed by atoms with Gasteiger partial charge in [-0.25, -0.2) is 0 Å². The fraction of sp³-hybridized carbons (Fsp3) is 0.632. The number of nitrogens with one attached hydrogen (secondary N) is 2. The van der Waals surface area contributed by atoms with Crippen LogP contribution in [0.2, 0.25) is 0 Å². The largest absolute Gasteiger partial charge is 0.381 e. The van der Waals surface area contributed by atoms with Crippen LogP contribution in [-0.2, 0) is 15.9 Å². The molecule has 0 radical (unpaired) electrons. The van der Waals surface area contributed by atoms with Gasteiger partial charge in [0.1, 0.15) is 0 Å². The van der Waals surface area contributed by atoms with E-state index in [4.69, 9.17) is 9.47 Å². The molecule has 0 aromatic heterocycles. The van der Waals surface area contributed by atoms with Crippen molar-refractivity contribution in [3.8, 4) is 0 Å². The Bertz CT molecular complexity index is 541. The molecule has 3 rings (SSSR count). The maximum absolute atomic E-state index is 5.72. The van der Waals surface area contributed by atoms with E-state index in [-0.39, 0.29) is 0 Å².